The van der Waals surface area contributed by atoms with Crippen LogP contribution in [0.3, 0.4) is 0 Å². The number of anilines is 1. The largest absolute Gasteiger partial charge is 0.497 e. The highest BCUT2D eigenvalue weighted by atomic mass is 35.5. The van der Waals surface area contributed by atoms with E-state index in [0.717, 1.165) is 5.56 Å². The Labute approximate surface area is 199 Å². The first-order valence-electron chi connectivity index (χ1n) is 10.9. The third-order valence-electron chi connectivity index (χ3n) is 6.15. The number of sulfonamides is 1. The monoisotopic (exact) mass is 493 g/mol. The van der Waals surface area contributed by atoms with Crippen LogP contribution in [0.1, 0.15) is 18.5 Å². The fourth-order valence-corrected chi connectivity index (χ4v) is 5.56. The van der Waals surface area contributed by atoms with Crippen molar-refractivity contribution in [1.82, 2.24) is 9.21 Å². The summed E-state index contributed by atoms with van der Waals surface area (Å²) in [6, 6.07) is 14.3. The highest BCUT2D eigenvalue weighted by Gasteiger charge is 2.44. The molecule has 2 heterocycles. The van der Waals surface area contributed by atoms with E-state index in [1.54, 1.807) is 43.2 Å². The van der Waals surface area contributed by atoms with Gasteiger partial charge in [-0.2, -0.15) is 4.31 Å². The number of ether oxygens (including phenoxy) is 2. The first kappa shape index (κ1) is 23.8. The summed E-state index contributed by atoms with van der Waals surface area (Å²) in [5.74, 6) is 0.793. The fraction of sp³-hybridized carbons (Fsp3) is 0.435. The highest BCUT2D eigenvalue weighted by Crippen LogP contribution is 2.39. The number of amides is 1. The van der Waals surface area contributed by atoms with Gasteiger partial charge in [0.1, 0.15) is 17.9 Å². The lowest BCUT2D eigenvalue weighted by atomic mass is 9.99. The number of carbonyl (C=O) groups is 1. The molecule has 0 saturated carbocycles. The van der Waals surface area contributed by atoms with Crippen LogP contribution in [0.4, 0.5) is 10.5 Å². The molecule has 0 radical (unpaired) electrons. The molecule has 0 unspecified atom stereocenters. The van der Waals surface area contributed by atoms with Gasteiger partial charge in [-0.1, -0.05) is 23.7 Å². The van der Waals surface area contributed by atoms with Gasteiger partial charge in [-0.15, -0.1) is 0 Å². The van der Waals surface area contributed by atoms with Crippen molar-refractivity contribution in [2.24, 2.45) is 0 Å². The summed E-state index contributed by atoms with van der Waals surface area (Å²) in [7, 11) is -1.60. The van der Waals surface area contributed by atoms with Crippen molar-refractivity contribution >= 4 is 33.4 Å². The Morgan fingerprint density at radius 2 is 1.79 bits per heavy atom. The van der Waals surface area contributed by atoms with Gasteiger partial charge in [-0.25, -0.2) is 13.2 Å². The van der Waals surface area contributed by atoms with E-state index in [4.69, 9.17) is 21.1 Å². The molecule has 0 bridgehead atoms. The molecule has 178 valence electrons. The average molecular weight is 494 g/mol. The molecule has 33 heavy (non-hydrogen) atoms. The van der Waals surface area contributed by atoms with Crippen LogP contribution in [0.15, 0.2) is 48.5 Å². The van der Waals surface area contributed by atoms with E-state index in [1.807, 2.05) is 24.3 Å². The van der Waals surface area contributed by atoms with E-state index < -0.39 is 22.2 Å². The molecule has 0 aromatic heterocycles. The predicted molar refractivity (Wildman–Crippen MR) is 127 cm³/mol. The minimum atomic E-state index is -3.20. The van der Waals surface area contributed by atoms with E-state index in [9.17, 15) is 13.2 Å². The number of cyclic esters (lactones) is 1. The summed E-state index contributed by atoms with van der Waals surface area (Å²) in [5.41, 5.74) is 1.59. The van der Waals surface area contributed by atoms with Crippen LogP contribution in [0.2, 0.25) is 5.02 Å². The maximum absolute atomic E-state index is 13.0. The van der Waals surface area contributed by atoms with Gasteiger partial charge >= 0.3 is 6.09 Å². The van der Waals surface area contributed by atoms with Gasteiger partial charge in [0.15, 0.2) is 0 Å². The first-order chi connectivity index (χ1) is 15.8. The van der Waals surface area contributed by atoms with Crippen LogP contribution in [0.5, 0.6) is 5.75 Å². The Balaban J connectivity index is 1.58. The zero-order valence-corrected chi connectivity index (χ0v) is 20.3. The van der Waals surface area contributed by atoms with Crippen LogP contribution in [0, 0.1) is 0 Å². The van der Waals surface area contributed by atoms with Gasteiger partial charge in [0.05, 0.1) is 12.9 Å². The second-order valence-corrected chi connectivity index (χ2v) is 10.8. The summed E-state index contributed by atoms with van der Waals surface area (Å²) in [6.45, 7) is 4.18. The van der Waals surface area contributed by atoms with Crippen molar-refractivity contribution in [3.8, 4) is 5.75 Å². The summed E-state index contributed by atoms with van der Waals surface area (Å²) in [5, 5.41) is 0.584. The molecule has 2 aromatic carbocycles. The molecule has 2 aromatic rings. The Morgan fingerprint density at radius 3 is 2.42 bits per heavy atom. The molecule has 0 aliphatic carbocycles. The quantitative estimate of drug-likeness (QED) is 0.588. The zero-order valence-electron chi connectivity index (χ0n) is 18.7. The number of nitrogens with zero attached hydrogens (tertiary/aromatic N) is 3. The summed E-state index contributed by atoms with van der Waals surface area (Å²) in [4.78, 5) is 16.8. The normalized spacial score (nSPS) is 22.4. The van der Waals surface area contributed by atoms with Gasteiger partial charge in [0, 0.05) is 43.4 Å². The van der Waals surface area contributed by atoms with Crippen molar-refractivity contribution in [3.63, 3.8) is 0 Å². The summed E-state index contributed by atoms with van der Waals surface area (Å²) >= 11 is 6.05. The highest BCUT2D eigenvalue weighted by molar-refractivity contribution is 7.89. The molecular formula is C23H28ClN3O5S. The molecule has 10 heteroatoms. The number of hydrogen-bond acceptors (Lipinski definition) is 6. The number of benzene rings is 2. The molecular weight excluding hydrogens is 466 g/mol. The van der Waals surface area contributed by atoms with Gasteiger partial charge in [-0.05, 0) is 48.9 Å². The van der Waals surface area contributed by atoms with Crippen molar-refractivity contribution in [1.29, 1.82) is 0 Å². The lowest BCUT2D eigenvalue weighted by molar-refractivity contribution is 0.0824. The molecule has 2 aliphatic rings. The summed E-state index contributed by atoms with van der Waals surface area (Å²) < 4.78 is 37.2. The molecule has 0 spiro atoms. The lowest BCUT2D eigenvalue weighted by Crippen LogP contribution is -2.51. The number of hydrogen-bond donors (Lipinski definition) is 0. The third-order valence-corrected chi connectivity index (χ3v) is 8.28. The van der Waals surface area contributed by atoms with Gasteiger partial charge in [-0.3, -0.25) is 9.80 Å². The zero-order chi connectivity index (χ0) is 23.6. The Kier molecular flexibility index (Phi) is 7.13. The Hall–Kier alpha value is -2.33. The second-order valence-electron chi connectivity index (χ2n) is 8.09. The molecule has 8 nitrogen and oxygen atoms in total. The van der Waals surface area contributed by atoms with E-state index in [1.165, 1.54) is 4.31 Å². The molecule has 0 N–H and O–H groups in total. The number of rotatable bonds is 7. The topological polar surface area (TPSA) is 79.4 Å². The lowest BCUT2D eigenvalue weighted by Gasteiger charge is -2.35. The van der Waals surface area contributed by atoms with Crippen LogP contribution >= 0.6 is 11.6 Å². The molecule has 2 atom stereocenters. The number of methoxy groups -OCH3 is 1. The predicted octanol–water partition coefficient (Wildman–Crippen LogP) is 3.38. The fourth-order valence-electron chi connectivity index (χ4n) is 4.35. The van der Waals surface area contributed by atoms with E-state index >= 15 is 0 Å². The molecule has 2 aliphatic heterocycles. The number of carbonyl (C=O) groups excluding carboxylic acids is 1. The SMILES string of the molecule is CCS(=O)(=O)N1CCN(C[C@@H]2OC(=O)N(c3ccc(Cl)cc3)[C@H]2c2cccc(OC)c2)CC1. The minimum Gasteiger partial charge on any atom is -0.497 e. The molecule has 2 fully saturated rings. The maximum atomic E-state index is 13.0. The Morgan fingerprint density at radius 1 is 1.09 bits per heavy atom. The molecule has 1 amide bonds. The van der Waals surface area contributed by atoms with Crippen molar-refractivity contribution in [3.05, 3.63) is 59.1 Å². The van der Waals surface area contributed by atoms with Gasteiger partial charge in [0.2, 0.25) is 10.0 Å². The third kappa shape index (κ3) is 5.11. The maximum Gasteiger partial charge on any atom is 0.415 e. The smallest absolute Gasteiger partial charge is 0.415 e. The van der Waals surface area contributed by atoms with Crippen molar-refractivity contribution in [2.75, 3.05) is 50.5 Å². The molecule has 2 saturated heterocycles. The first-order valence-corrected chi connectivity index (χ1v) is 12.9. The van der Waals surface area contributed by atoms with Crippen LogP contribution in [-0.4, -0.2) is 75.4 Å². The van der Waals surface area contributed by atoms with Crippen LogP contribution in [-0.2, 0) is 14.8 Å². The summed E-state index contributed by atoms with van der Waals surface area (Å²) in [6.07, 6.45) is -0.864. The minimum absolute atomic E-state index is 0.0984. The number of halogens is 1. The van der Waals surface area contributed by atoms with E-state index in [2.05, 4.69) is 4.90 Å². The van der Waals surface area contributed by atoms with Crippen LogP contribution in [0.25, 0.3) is 0 Å². The average Bonchev–Trinajstić information content (AvgIpc) is 3.15. The van der Waals surface area contributed by atoms with E-state index in [-0.39, 0.29) is 11.8 Å². The van der Waals surface area contributed by atoms with Crippen LogP contribution < -0.4 is 9.64 Å². The van der Waals surface area contributed by atoms with Gasteiger partial charge < -0.3 is 9.47 Å². The van der Waals surface area contributed by atoms with E-state index in [0.29, 0.717) is 49.2 Å². The standard InChI is InChI=1S/C23H28ClN3O5S/c1-3-33(29,30)26-13-11-25(12-14-26)16-21-22(17-5-4-6-20(15-17)31-2)27(23(28)32-21)19-9-7-18(24)8-10-19/h4-10,15,21-22H,3,11-14,16H2,1-2H3/t21-,22-/m0/s1. The van der Waals surface area contributed by atoms with Crippen molar-refractivity contribution < 1.29 is 22.7 Å². The van der Waals surface area contributed by atoms with Gasteiger partial charge in [0.25, 0.3) is 0 Å². The second kappa shape index (κ2) is 9.89. The van der Waals surface area contributed by atoms with Crippen molar-refractivity contribution in [2.45, 2.75) is 19.1 Å². The Bertz CT molecular complexity index is 1090. The molecule has 4 rings (SSSR count). The number of piperazine rings is 1.